The van der Waals surface area contributed by atoms with Gasteiger partial charge in [-0.05, 0) is 13.8 Å². The molecule has 0 atom stereocenters. The van der Waals surface area contributed by atoms with Crippen molar-refractivity contribution in [3.05, 3.63) is 12.2 Å². The molecule has 0 aliphatic rings. The molecule has 0 aromatic rings. The summed E-state index contributed by atoms with van der Waals surface area (Å²) in [6.07, 6.45) is 0. The van der Waals surface area contributed by atoms with Crippen LogP contribution < -0.4 is 0 Å². The molecule has 0 saturated carbocycles. The minimum Gasteiger partial charge on any atom is -0.435 e. The molecule has 0 aromatic heterocycles. The maximum Gasteiger partial charge on any atom is 0.335 e. The van der Waals surface area contributed by atoms with Crippen molar-refractivity contribution in [1.82, 2.24) is 0 Å². The van der Waals surface area contributed by atoms with Crippen LogP contribution in [0.2, 0.25) is 0 Å². The Hall–Kier alpha value is -0.870. The minimum absolute atomic E-state index is 0.0429. The van der Waals surface area contributed by atoms with Crippen LogP contribution in [-0.2, 0) is 19.0 Å². The zero-order valence-corrected chi connectivity index (χ0v) is 8.17. The molecule has 0 aliphatic heterocycles. The summed E-state index contributed by atoms with van der Waals surface area (Å²) in [5.74, 6) is -0.434. The van der Waals surface area contributed by atoms with Gasteiger partial charge in [0.25, 0.3) is 0 Å². The van der Waals surface area contributed by atoms with Crippen LogP contribution in [0.4, 0.5) is 0 Å². The van der Waals surface area contributed by atoms with Crippen molar-refractivity contribution in [2.45, 2.75) is 13.8 Å². The highest BCUT2D eigenvalue weighted by Crippen LogP contribution is 1.91. The Balaban J connectivity index is 3.16. The summed E-state index contributed by atoms with van der Waals surface area (Å²) < 4.78 is 14.6. The monoisotopic (exact) mass is 188 g/mol. The Kier molecular flexibility index (Phi) is 7.24. The average molecular weight is 188 g/mol. The fourth-order valence-corrected chi connectivity index (χ4v) is 0.539. The third-order valence-electron chi connectivity index (χ3n) is 1.20. The number of carbonyl (C=O) groups excluding carboxylic acids is 1. The lowest BCUT2D eigenvalue weighted by atomic mass is 10.4. The number of carbonyl (C=O) groups is 1. The SMILES string of the molecule is C=C(C)C(=O)OCOCCOCC. The van der Waals surface area contributed by atoms with Gasteiger partial charge in [0.05, 0.1) is 13.2 Å². The van der Waals surface area contributed by atoms with Crippen LogP contribution in [0.25, 0.3) is 0 Å². The Morgan fingerprint density at radius 1 is 1.31 bits per heavy atom. The fraction of sp³-hybridized carbons (Fsp3) is 0.667. The van der Waals surface area contributed by atoms with E-state index >= 15 is 0 Å². The van der Waals surface area contributed by atoms with E-state index in [9.17, 15) is 4.79 Å². The highest BCUT2D eigenvalue weighted by molar-refractivity contribution is 5.86. The number of hydrogen-bond donors (Lipinski definition) is 0. The number of hydrogen-bond acceptors (Lipinski definition) is 4. The molecular weight excluding hydrogens is 172 g/mol. The first-order valence-corrected chi connectivity index (χ1v) is 4.16. The molecule has 0 N–H and O–H groups in total. The molecule has 0 spiro atoms. The molecule has 0 heterocycles. The average Bonchev–Trinajstić information content (AvgIpc) is 2.10. The number of esters is 1. The van der Waals surface area contributed by atoms with Crippen molar-refractivity contribution in [3.63, 3.8) is 0 Å². The first-order valence-electron chi connectivity index (χ1n) is 4.16. The summed E-state index contributed by atoms with van der Waals surface area (Å²) in [7, 11) is 0. The van der Waals surface area contributed by atoms with E-state index in [0.29, 0.717) is 25.4 Å². The van der Waals surface area contributed by atoms with E-state index < -0.39 is 5.97 Å². The van der Waals surface area contributed by atoms with Crippen molar-refractivity contribution in [2.24, 2.45) is 0 Å². The molecule has 0 aromatic carbocycles. The molecule has 0 rings (SSSR count). The minimum atomic E-state index is -0.434. The summed E-state index contributed by atoms with van der Waals surface area (Å²) >= 11 is 0. The Morgan fingerprint density at radius 3 is 2.46 bits per heavy atom. The van der Waals surface area contributed by atoms with Crippen LogP contribution >= 0.6 is 0 Å². The summed E-state index contributed by atoms with van der Waals surface area (Å²) in [4.78, 5) is 10.8. The predicted molar refractivity (Wildman–Crippen MR) is 48.2 cm³/mol. The van der Waals surface area contributed by atoms with Crippen molar-refractivity contribution in [3.8, 4) is 0 Å². The number of ether oxygens (including phenoxy) is 3. The largest absolute Gasteiger partial charge is 0.435 e. The molecule has 13 heavy (non-hydrogen) atoms. The first kappa shape index (κ1) is 12.1. The smallest absolute Gasteiger partial charge is 0.335 e. The third-order valence-corrected chi connectivity index (χ3v) is 1.20. The van der Waals surface area contributed by atoms with Crippen LogP contribution in [0.3, 0.4) is 0 Å². The molecule has 0 amide bonds. The van der Waals surface area contributed by atoms with Crippen molar-refractivity contribution >= 4 is 5.97 Å². The summed E-state index contributed by atoms with van der Waals surface area (Å²) in [6, 6.07) is 0. The highest BCUT2D eigenvalue weighted by Gasteiger charge is 2.01. The molecule has 0 saturated heterocycles. The second-order valence-corrected chi connectivity index (χ2v) is 2.44. The number of rotatable bonds is 7. The summed E-state index contributed by atoms with van der Waals surface area (Å²) in [5, 5.41) is 0. The van der Waals surface area contributed by atoms with Gasteiger partial charge in [-0.2, -0.15) is 0 Å². The molecule has 4 nitrogen and oxygen atoms in total. The van der Waals surface area contributed by atoms with E-state index in [-0.39, 0.29) is 6.79 Å². The Morgan fingerprint density at radius 2 is 1.92 bits per heavy atom. The standard InChI is InChI=1S/C9H16O4/c1-4-11-5-6-12-7-13-9(10)8(2)3/h2,4-7H2,1,3H3. The molecule has 76 valence electrons. The molecule has 0 radical (unpaired) electrons. The van der Waals surface area contributed by atoms with E-state index in [2.05, 4.69) is 11.3 Å². The molecule has 0 aliphatic carbocycles. The zero-order valence-electron chi connectivity index (χ0n) is 8.17. The Bertz CT molecular complexity index is 165. The topological polar surface area (TPSA) is 44.8 Å². The molecule has 0 fully saturated rings. The van der Waals surface area contributed by atoms with Crippen LogP contribution in [0.1, 0.15) is 13.8 Å². The zero-order chi connectivity index (χ0) is 10.1. The van der Waals surface area contributed by atoms with E-state index in [1.165, 1.54) is 0 Å². The first-order chi connectivity index (χ1) is 6.18. The van der Waals surface area contributed by atoms with Crippen LogP contribution in [0, 0.1) is 0 Å². The maximum absolute atomic E-state index is 10.8. The summed E-state index contributed by atoms with van der Waals surface area (Å²) in [6.45, 7) is 8.48. The van der Waals surface area contributed by atoms with E-state index in [1.54, 1.807) is 6.92 Å². The van der Waals surface area contributed by atoms with Gasteiger partial charge in [-0.15, -0.1) is 0 Å². The Labute approximate surface area is 78.5 Å². The quantitative estimate of drug-likeness (QED) is 0.260. The third kappa shape index (κ3) is 7.49. The van der Waals surface area contributed by atoms with Gasteiger partial charge in [0.2, 0.25) is 0 Å². The second kappa shape index (κ2) is 7.76. The summed E-state index contributed by atoms with van der Waals surface area (Å²) in [5.41, 5.74) is 0.369. The van der Waals surface area contributed by atoms with Gasteiger partial charge >= 0.3 is 5.97 Å². The normalized spacial score (nSPS) is 9.69. The molecular formula is C9H16O4. The highest BCUT2D eigenvalue weighted by atomic mass is 16.7. The fourth-order valence-electron chi connectivity index (χ4n) is 0.539. The molecule has 0 bridgehead atoms. The van der Waals surface area contributed by atoms with E-state index in [0.717, 1.165) is 0 Å². The lowest BCUT2D eigenvalue weighted by Crippen LogP contribution is -2.11. The van der Waals surface area contributed by atoms with Crippen molar-refractivity contribution < 1.29 is 19.0 Å². The van der Waals surface area contributed by atoms with Gasteiger partial charge in [0.1, 0.15) is 0 Å². The predicted octanol–water partition coefficient (Wildman–Crippen LogP) is 1.12. The van der Waals surface area contributed by atoms with Gasteiger partial charge < -0.3 is 14.2 Å². The lowest BCUT2D eigenvalue weighted by Gasteiger charge is -2.05. The van der Waals surface area contributed by atoms with Gasteiger partial charge in [-0.1, -0.05) is 6.58 Å². The molecule has 0 unspecified atom stereocenters. The lowest BCUT2D eigenvalue weighted by molar-refractivity contribution is -0.152. The van der Waals surface area contributed by atoms with Crippen LogP contribution in [0.5, 0.6) is 0 Å². The van der Waals surface area contributed by atoms with Crippen molar-refractivity contribution in [2.75, 3.05) is 26.6 Å². The molecule has 4 heteroatoms. The maximum atomic E-state index is 10.8. The van der Waals surface area contributed by atoms with Gasteiger partial charge in [-0.3, -0.25) is 0 Å². The second-order valence-electron chi connectivity index (χ2n) is 2.44. The van der Waals surface area contributed by atoms with Gasteiger partial charge in [0.15, 0.2) is 6.79 Å². The van der Waals surface area contributed by atoms with Crippen molar-refractivity contribution in [1.29, 1.82) is 0 Å². The van der Waals surface area contributed by atoms with Crippen LogP contribution in [-0.4, -0.2) is 32.6 Å². The van der Waals surface area contributed by atoms with Crippen LogP contribution in [0.15, 0.2) is 12.2 Å². The van der Waals surface area contributed by atoms with E-state index in [4.69, 9.17) is 9.47 Å². The van der Waals surface area contributed by atoms with Gasteiger partial charge in [0, 0.05) is 12.2 Å². The van der Waals surface area contributed by atoms with E-state index in [1.807, 2.05) is 6.92 Å². The van der Waals surface area contributed by atoms with Gasteiger partial charge in [-0.25, -0.2) is 4.79 Å².